The molecule has 3 heteroatoms. The number of likely N-dealkylation sites (tertiary alicyclic amines) is 1. The van der Waals surface area contributed by atoms with E-state index in [1.807, 2.05) is 30.1 Å². The molecule has 1 saturated heterocycles. The molecular formula is C22H28N2O. The number of piperidine rings is 1. The van der Waals surface area contributed by atoms with Gasteiger partial charge in [0.2, 0.25) is 5.91 Å². The third-order valence-electron chi connectivity index (χ3n) is 4.98. The van der Waals surface area contributed by atoms with Crippen molar-refractivity contribution in [1.82, 2.24) is 9.80 Å². The summed E-state index contributed by atoms with van der Waals surface area (Å²) in [6, 6.07) is 18.9. The monoisotopic (exact) mass is 336 g/mol. The fourth-order valence-electron chi connectivity index (χ4n) is 3.72. The predicted molar refractivity (Wildman–Crippen MR) is 102 cm³/mol. The summed E-state index contributed by atoms with van der Waals surface area (Å²) >= 11 is 0. The zero-order valence-corrected chi connectivity index (χ0v) is 15.3. The van der Waals surface area contributed by atoms with Crippen molar-refractivity contribution >= 4 is 5.91 Å². The van der Waals surface area contributed by atoms with Gasteiger partial charge in [-0.2, -0.15) is 0 Å². The van der Waals surface area contributed by atoms with Gasteiger partial charge in [0.25, 0.3) is 0 Å². The van der Waals surface area contributed by atoms with Crippen molar-refractivity contribution in [3.05, 3.63) is 71.3 Å². The molecule has 2 aromatic carbocycles. The largest absolute Gasteiger partial charge is 0.341 e. The van der Waals surface area contributed by atoms with Crippen molar-refractivity contribution < 1.29 is 4.79 Å². The second-order valence-electron chi connectivity index (χ2n) is 7.24. The zero-order chi connectivity index (χ0) is 17.6. The number of hydrogen-bond acceptors (Lipinski definition) is 2. The van der Waals surface area contributed by atoms with Gasteiger partial charge in [0.05, 0.1) is 5.92 Å². The SMILES string of the molecule is Cc1cccc(CN2CCC[C@@H](C(=O)N(C)Cc3ccccc3)C2)c1. The summed E-state index contributed by atoms with van der Waals surface area (Å²) < 4.78 is 0. The first kappa shape index (κ1) is 17.7. The Bertz CT molecular complexity index is 698. The average molecular weight is 336 g/mol. The molecular weight excluding hydrogens is 308 g/mol. The van der Waals surface area contributed by atoms with E-state index in [1.54, 1.807) is 0 Å². The summed E-state index contributed by atoms with van der Waals surface area (Å²) in [6.07, 6.45) is 2.10. The molecule has 1 aliphatic heterocycles. The van der Waals surface area contributed by atoms with E-state index >= 15 is 0 Å². The number of carbonyl (C=O) groups is 1. The van der Waals surface area contributed by atoms with Crippen LogP contribution in [0.1, 0.15) is 29.5 Å². The van der Waals surface area contributed by atoms with Crippen LogP contribution in [0.4, 0.5) is 0 Å². The highest BCUT2D eigenvalue weighted by molar-refractivity contribution is 5.78. The van der Waals surface area contributed by atoms with Gasteiger partial charge in [0.15, 0.2) is 0 Å². The van der Waals surface area contributed by atoms with Gasteiger partial charge in [-0.1, -0.05) is 60.2 Å². The van der Waals surface area contributed by atoms with Crippen LogP contribution in [0.2, 0.25) is 0 Å². The number of aryl methyl sites for hydroxylation is 1. The Morgan fingerprint density at radius 2 is 1.88 bits per heavy atom. The van der Waals surface area contributed by atoms with Gasteiger partial charge in [-0.05, 0) is 37.4 Å². The molecule has 0 saturated carbocycles. The molecule has 0 aromatic heterocycles. The molecule has 0 N–H and O–H groups in total. The Hall–Kier alpha value is -2.13. The molecule has 0 radical (unpaired) electrons. The van der Waals surface area contributed by atoms with E-state index in [-0.39, 0.29) is 11.8 Å². The Labute approximate surface area is 151 Å². The van der Waals surface area contributed by atoms with E-state index in [0.29, 0.717) is 6.54 Å². The highest BCUT2D eigenvalue weighted by Gasteiger charge is 2.27. The average Bonchev–Trinajstić information content (AvgIpc) is 2.62. The van der Waals surface area contributed by atoms with Gasteiger partial charge in [-0.3, -0.25) is 9.69 Å². The van der Waals surface area contributed by atoms with Crippen LogP contribution in [0, 0.1) is 12.8 Å². The maximum absolute atomic E-state index is 12.9. The van der Waals surface area contributed by atoms with Crippen LogP contribution in [-0.2, 0) is 17.9 Å². The van der Waals surface area contributed by atoms with Crippen LogP contribution in [0.15, 0.2) is 54.6 Å². The van der Waals surface area contributed by atoms with Gasteiger partial charge in [0.1, 0.15) is 0 Å². The highest BCUT2D eigenvalue weighted by atomic mass is 16.2. The maximum atomic E-state index is 12.9. The van der Waals surface area contributed by atoms with E-state index in [2.05, 4.69) is 48.2 Å². The van der Waals surface area contributed by atoms with Crippen LogP contribution in [0.25, 0.3) is 0 Å². The predicted octanol–water partition coefficient (Wildman–Crippen LogP) is 3.87. The van der Waals surface area contributed by atoms with Crippen molar-refractivity contribution in [1.29, 1.82) is 0 Å². The lowest BCUT2D eigenvalue weighted by atomic mass is 9.96. The quantitative estimate of drug-likeness (QED) is 0.827. The number of nitrogens with zero attached hydrogens (tertiary/aromatic N) is 2. The van der Waals surface area contributed by atoms with Crippen molar-refractivity contribution in [3.63, 3.8) is 0 Å². The highest BCUT2D eigenvalue weighted by Crippen LogP contribution is 2.21. The number of amides is 1. The molecule has 25 heavy (non-hydrogen) atoms. The Morgan fingerprint density at radius 3 is 2.64 bits per heavy atom. The standard InChI is InChI=1S/C22H28N2O/c1-18-8-6-11-20(14-18)16-24-13-7-12-21(17-24)22(25)23(2)15-19-9-4-3-5-10-19/h3-6,8-11,14,21H,7,12-13,15-17H2,1-2H3/t21-/m1/s1. The number of benzene rings is 2. The molecule has 0 bridgehead atoms. The minimum Gasteiger partial charge on any atom is -0.341 e. The van der Waals surface area contributed by atoms with Gasteiger partial charge >= 0.3 is 0 Å². The topological polar surface area (TPSA) is 23.6 Å². The first-order chi connectivity index (χ1) is 12.1. The first-order valence-electron chi connectivity index (χ1n) is 9.18. The molecule has 1 fully saturated rings. The number of hydrogen-bond donors (Lipinski definition) is 0. The molecule has 1 atom stereocenters. The third kappa shape index (κ3) is 4.93. The van der Waals surface area contributed by atoms with E-state index in [9.17, 15) is 4.79 Å². The third-order valence-corrected chi connectivity index (χ3v) is 4.98. The Kier molecular flexibility index (Phi) is 5.87. The lowest BCUT2D eigenvalue weighted by Gasteiger charge is -2.34. The van der Waals surface area contributed by atoms with E-state index in [4.69, 9.17) is 0 Å². The smallest absolute Gasteiger partial charge is 0.227 e. The van der Waals surface area contributed by atoms with Gasteiger partial charge < -0.3 is 4.90 Å². The van der Waals surface area contributed by atoms with Crippen LogP contribution < -0.4 is 0 Å². The van der Waals surface area contributed by atoms with Crippen LogP contribution in [0.3, 0.4) is 0 Å². The summed E-state index contributed by atoms with van der Waals surface area (Å²) in [5.41, 5.74) is 3.82. The van der Waals surface area contributed by atoms with Crippen LogP contribution in [0.5, 0.6) is 0 Å². The van der Waals surface area contributed by atoms with Crippen LogP contribution in [-0.4, -0.2) is 35.8 Å². The normalized spacial score (nSPS) is 18.1. The molecule has 0 aliphatic carbocycles. The Morgan fingerprint density at radius 1 is 1.12 bits per heavy atom. The number of carbonyl (C=O) groups excluding carboxylic acids is 1. The fraction of sp³-hybridized carbons (Fsp3) is 0.409. The summed E-state index contributed by atoms with van der Waals surface area (Å²) in [5, 5.41) is 0. The second-order valence-corrected chi connectivity index (χ2v) is 7.24. The molecule has 3 rings (SSSR count). The maximum Gasteiger partial charge on any atom is 0.227 e. The summed E-state index contributed by atoms with van der Waals surface area (Å²) in [4.78, 5) is 17.2. The molecule has 2 aromatic rings. The minimum atomic E-state index is 0.118. The molecule has 0 spiro atoms. The summed E-state index contributed by atoms with van der Waals surface area (Å²) in [5.74, 6) is 0.394. The lowest BCUT2D eigenvalue weighted by molar-refractivity contribution is -0.136. The molecule has 1 aliphatic rings. The van der Waals surface area contributed by atoms with Crippen LogP contribution >= 0.6 is 0 Å². The van der Waals surface area contributed by atoms with Crippen molar-refractivity contribution in [2.75, 3.05) is 20.1 Å². The lowest BCUT2D eigenvalue weighted by Crippen LogP contribution is -2.43. The first-order valence-corrected chi connectivity index (χ1v) is 9.18. The zero-order valence-electron chi connectivity index (χ0n) is 15.3. The fourth-order valence-corrected chi connectivity index (χ4v) is 3.72. The van der Waals surface area contributed by atoms with Crippen molar-refractivity contribution in [2.24, 2.45) is 5.92 Å². The molecule has 1 amide bonds. The molecule has 0 unspecified atom stereocenters. The van der Waals surface area contributed by atoms with Crippen molar-refractivity contribution in [2.45, 2.75) is 32.9 Å². The van der Waals surface area contributed by atoms with Gasteiger partial charge in [-0.25, -0.2) is 0 Å². The molecule has 132 valence electrons. The van der Waals surface area contributed by atoms with Gasteiger partial charge in [-0.15, -0.1) is 0 Å². The minimum absolute atomic E-state index is 0.118. The molecule has 1 heterocycles. The van der Waals surface area contributed by atoms with E-state index in [1.165, 1.54) is 16.7 Å². The summed E-state index contributed by atoms with van der Waals surface area (Å²) in [6.45, 7) is 5.71. The van der Waals surface area contributed by atoms with Crippen molar-refractivity contribution in [3.8, 4) is 0 Å². The Balaban J connectivity index is 1.57. The second kappa shape index (κ2) is 8.30. The summed E-state index contributed by atoms with van der Waals surface area (Å²) in [7, 11) is 1.93. The van der Waals surface area contributed by atoms with E-state index in [0.717, 1.165) is 32.5 Å². The number of rotatable bonds is 5. The van der Waals surface area contributed by atoms with Gasteiger partial charge in [0, 0.05) is 26.7 Å². The molecule has 3 nitrogen and oxygen atoms in total. The van der Waals surface area contributed by atoms with E-state index < -0.39 is 0 Å².